The molecule has 11 heteroatoms. The molecule has 0 spiro atoms. The highest BCUT2D eigenvalue weighted by molar-refractivity contribution is 7.90. The van der Waals surface area contributed by atoms with Gasteiger partial charge in [-0.1, -0.05) is 0 Å². The third-order valence-electron chi connectivity index (χ3n) is 9.56. The smallest absolute Gasteiger partial charge is 0.343 e. The molecule has 4 aliphatic carbocycles. The Bertz CT molecular complexity index is 1670. The van der Waals surface area contributed by atoms with Crippen LogP contribution >= 0.6 is 0 Å². The van der Waals surface area contributed by atoms with Gasteiger partial charge in [-0.15, -0.1) is 0 Å². The van der Waals surface area contributed by atoms with Crippen LogP contribution in [0.3, 0.4) is 0 Å². The number of rotatable bonds is 9. The fourth-order valence-corrected chi connectivity index (χ4v) is 9.76. The standard InChI is InChI=1S/C31H41N5O5S/c1-5-34(6-2)29(32)33-23-8-11-28(27(15-23)40-4)42(38,39)36-25-10-9-24(41-7-3)16-26(25)35(30(36)37)31-17-20-12-21(18-31)14-22(13-20)19-31/h8-11,15-16,20-22H,5-7,12-14,17-19H2,1-4H3,(H2,32,33). The molecule has 1 heterocycles. The Kier molecular flexibility index (Phi) is 7.27. The van der Waals surface area contributed by atoms with Crippen LogP contribution in [0.5, 0.6) is 11.5 Å². The Morgan fingerprint density at radius 3 is 2.21 bits per heavy atom. The lowest BCUT2D eigenvalue weighted by Gasteiger charge is -2.57. The summed E-state index contributed by atoms with van der Waals surface area (Å²) in [7, 11) is -2.95. The maximum absolute atomic E-state index is 14.5. The van der Waals surface area contributed by atoms with E-state index in [9.17, 15) is 13.2 Å². The average molecular weight is 596 g/mol. The first-order chi connectivity index (χ1) is 20.1. The summed E-state index contributed by atoms with van der Waals surface area (Å²) in [6.07, 6.45) is 6.34. The van der Waals surface area contributed by atoms with Crippen molar-refractivity contribution in [1.29, 1.82) is 0 Å². The second-order valence-corrected chi connectivity index (χ2v) is 13.8. The van der Waals surface area contributed by atoms with Gasteiger partial charge >= 0.3 is 5.69 Å². The average Bonchev–Trinajstić information content (AvgIpc) is 3.25. The number of fused-ring (bicyclic) bond motifs is 1. The highest BCUT2D eigenvalue weighted by Gasteiger charge is 2.53. The number of nitrogens with two attached hydrogens (primary N) is 1. The van der Waals surface area contributed by atoms with Gasteiger partial charge in [0.05, 0.1) is 36.0 Å². The van der Waals surface area contributed by atoms with Gasteiger partial charge in [-0.25, -0.2) is 18.2 Å². The topological polar surface area (TPSA) is 121 Å². The van der Waals surface area contributed by atoms with Crippen molar-refractivity contribution in [3.8, 4) is 11.5 Å². The summed E-state index contributed by atoms with van der Waals surface area (Å²) >= 11 is 0. The Balaban J connectivity index is 1.52. The van der Waals surface area contributed by atoms with Crippen LogP contribution in [0, 0.1) is 17.8 Å². The summed E-state index contributed by atoms with van der Waals surface area (Å²) in [6.45, 7) is 7.72. The molecule has 7 rings (SSSR count). The van der Waals surface area contributed by atoms with E-state index in [0.29, 0.717) is 65.9 Å². The molecule has 4 fully saturated rings. The van der Waals surface area contributed by atoms with Gasteiger partial charge in [-0.2, -0.15) is 3.97 Å². The second-order valence-electron chi connectivity index (χ2n) is 12.1. The van der Waals surface area contributed by atoms with Crippen LogP contribution < -0.4 is 20.9 Å². The molecule has 4 saturated carbocycles. The molecular formula is C31H41N5O5S. The van der Waals surface area contributed by atoms with E-state index in [-0.39, 0.29) is 16.2 Å². The van der Waals surface area contributed by atoms with E-state index in [0.717, 1.165) is 23.2 Å². The zero-order chi connectivity index (χ0) is 29.8. The monoisotopic (exact) mass is 595 g/mol. The molecule has 10 nitrogen and oxygen atoms in total. The fraction of sp³-hybridized carbons (Fsp3) is 0.548. The van der Waals surface area contributed by atoms with Crippen LogP contribution in [0.2, 0.25) is 0 Å². The Morgan fingerprint density at radius 1 is 1.00 bits per heavy atom. The minimum absolute atomic E-state index is 0.0946. The Morgan fingerprint density at radius 2 is 1.64 bits per heavy atom. The van der Waals surface area contributed by atoms with Gasteiger partial charge in [0.25, 0.3) is 10.0 Å². The third kappa shape index (κ3) is 4.56. The first-order valence-electron chi connectivity index (χ1n) is 15.1. The minimum Gasteiger partial charge on any atom is -0.495 e. The molecule has 2 aromatic carbocycles. The van der Waals surface area contributed by atoms with Gasteiger partial charge in [0, 0.05) is 25.2 Å². The highest BCUT2D eigenvalue weighted by atomic mass is 32.2. The number of ether oxygens (including phenoxy) is 2. The van der Waals surface area contributed by atoms with E-state index >= 15 is 0 Å². The molecule has 42 heavy (non-hydrogen) atoms. The van der Waals surface area contributed by atoms with E-state index in [1.165, 1.54) is 32.4 Å². The Hall–Kier alpha value is -3.47. The molecular weight excluding hydrogens is 554 g/mol. The van der Waals surface area contributed by atoms with Gasteiger partial charge in [0.15, 0.2) is 5.96 Å². The number of nitrogens with zero attached hydrogens (tertiary/aromatic N) is 4. The largest absolute Gasteiger partial charge is 0.495 e. The number of guanidine groups is 1. The summed E-state index contributed by atoms with van der Waals surface area (Å²) in [5.41, 5.74) is 6.66. The number of aliphatic imine (C=N–C) groups is 1. The molecule has 0 amide bonds. The number of methoxy groups -OCH3 is 1. The van der Waals surface area contributed by atoms with Gasteiger partial charge < -0.3 is 20.1 Å². The van der Waals surface area contributed by atoms with Crippen LogP contribution in [-0.2, 0) is 15.6 Å². The van der Waals surface area contributed by atoms with Crippen molar-refractivity contribution >= 4 is 32.7 Å². The summed E-state index contributed by atoms with van der Waals surface area (Å²) in [5.74, 6) is 2.76. The summed E-state index contributed by atoms with van der Waals surface area (Å²) in [5, 5.41) is 0. The van der Waals surface area contributed by atoms with Crippen molar-refractivity contribution in [3.63, 3.8) is 0 Å². The van der Waals surface area contributed by atoms with Crippen molar-refractivity contribution in [2.75, 3.05) is 26.8 Å². The lowest BCUT2D eigenvalue weighted by Crippen LogP contribution is -2.54. The summed E-state index contributed by atoms with van der Waals surface area (Å²) < 4.78 is 42.9. The van der Waals surface area contributed by atoms with E-state index in [1.54, 1.807) is 24.3 Å². The summed E-state index contributed by atoms with van der Waals surface area (Å²) in [6, 6.07) is 9.81. The SMILES string of the molecule is CCOc1ccc2c(c1)n(C13CC4CC(CC(C4)C1)C3)c(=O)n2S(=O)(=O)c1ccc(N=C(N)N(CC)CC)cc1OC. The van der Waals surface area contributed by atoms with Crippen LogP contribution in [0.1, 0.15) is 59.3 Å². The van der Waals surface area contributed by atoms with Crippen LogP contribution in [-0.4, -0.2) is 54.6 Å². The first kappa shape index (κ1) is 28.6. The van der Waals surface area contributed by atoms with Gasteiger partial charge in [0.2, 0.25) is 0 Å². The number of benzene rings is 2. The maximum atomic E-state index is 14.5. The summed E-state index contributed by atoms with van der Waals surface area (Å²) in [4.78, 5) is 20.7. The van der Waals surface area contributed by atoms with Crippen molar-refractivity contribution in [3.05, 3.63) is 46.9 Å². The van der Waals surface area contributed by atoms with Crippen LogP contribution in [0.15, 0.2) is 51.1 Å². The molecule has 4 bridgehead atoms. The third-order valence-corrected chi connectivity index (χ3v) is 11.3. The van der Waals surface area contributed by atoms with Crippen molar-refractivity contribution in [2.24, 2.45) is 28.5 Å². The first-order valence-corrected chi connectivity index (χ1v) is 16.5. The number of aromatic nitrogens is 2. The molecule has 226 valence electrons. The molecule has 0 aliphatic heterocycles. The molecule has 3 aromatic rings. The number of hydrogen-bond acceptors (Lipinski definition) is 6. The molecule has 0 saturated heterocycles. The van der Waals surface area contributed by atoms with Crippen molar-refractivity contribution in [2.45, 2.75) is 69.7 Å². The van der Waals surface area contributed by atoms with E-state index in [4.69, 9.17) is 15.2 Å². The second kappa shape index (κ2) is 10.7. The lowest BCUT2D eigenvalue weighted by molar-refractivity contribution is -0.0426. The van der Waals surface area contributed by atoms with Crippen LogP contribution in [0.4, 0.5) is 5.69 Å². The molecule has 2 N–H and O–H groups in total. The lowest BCUT2D eigenvalue weighted by atomic mass is 9.53. The quantitative estimate of drug-likeness (QED) is 0.282. The van der Waals surface area contributed by atoms with Gasteiger partial charge in [-0.3, -0.25) is 4.57 Å². The van der Waals surface area contributed by atoms with Gasteiger partial charge in [0.1, 0.15) is 16.4 Å². The van der Waals surface area contributed by atoms with Gasteiger partial charge in [-0.05, 0) is 101 Å². The number of imidazole rings is 1. The van der Waals surface area contributed by atoms with E-state index in [2.05, 4.69) is 4.99 Å². The van der Waals surface area contributed by atoms with E-state index in [1.807, 2.05) is 36.3 Å². The Labute approximate surface area is 247 Å². The predicted molar refractivity (Wildman–Crippen MR) is 163 cm³/mol. The van der Waals surface area contributed by atoms with E-state index < -0.39 is 15.7 Å². The highest BCUT2D eigenvalue weighted by Crippen LogP contribution is 2.59. The molecule has 0 radical (unpaired) electrons. The maximum Gasteiger partial charge on any atom is 0.343 e. The van der Waals surface area contributed by atoms with Crippen molar-refractivity contribution in [1.82, 2.24) is 13.4 Å². The predicted octanol–water partition coefficient (Wildman–Crippen LogP) is 4.66. The minimum atomic E-state index is -4.36. The van der Waals surface area contributed by atoms with Crippen LogP contribution in [0.25, 0.3) is 11.0 Å². The molecule has 0 atom stereocenters. The van der Waals surface area contributed by atoms with Crippen molar-refractivity contribution < 1.29 is 17.9 Å². The fourth-order valence-electron chi connectivity index (χ4n) is 8.22. The number of hydrogen-bond donors (Lipinski definition) is 1. The zero-order valence-corrected chi connectivity index (χ0v) is 25.7. The normalized spacial score (nSPS) is 25.2. The zero-order valence-electron chi connectivity index (χ0n) is 24.9. The molecule has 1 aromatic heterocycles. The molecule has 4 aliphatic rings. The molecule has 0 unspecified atom stereocenters.